The highest BCUT2D eigenvalue weighted by molar-refractivity contribution is 6.74. The van der Waals surface area contributed by atoms with Gasteiger partial charge in [-0.2, -0.15) is 0 Å². The Bertz CT molecular complexity index is 1550. The van der Waals surface area contributed by atoms with Gasteiger partial charge in [0, 0.05) is 30.3 Å². The van der Waals surface area contributed by atoms with E-state index < -0.39 is 36.3 Å². The van der Waals surface area contributed by atoms with E-state index in [4.69, 9.17) is 27.5 Å². The van der Waals surface area contributed by atoms with Crippen molar-refractivity contribution in [3.8, 4) is 0 Å². The second-order valence-corrected chi connectivity index (χ2v) is 37.1. The number of ether oxygens (including phenoxy) is 3. The Hall–Kier alpha value is -1.38. The van der Waals surface area contributed by atoms with Crippen molar-refractivity contribution >= 4 is 30.9 Å². The monoisotopic (exact) mass is 903 g/mol. The molecule has 2 saturated heterocycles. The molecule has 0 spiro atoms. The van der Waals surface area contributed by atoms with Gasteiger partial charge in [0.15, 0.2) is 30.7 Å². The van der Waals surface area contributed by atoms with Crippen molar-refractivity contribution in [3.63, 3.8) is 0 Å². The van der Waals surface area contributed by atoms with E-state index in [1.54, 1.807) is 0 Å². The van der Waals surface area contributed by atoms with Crippen LogP contribution in [-0.4, -0.2) is 73.3 Å². The average Bonchev–Trinajstić information content (AvgIpc) is 3.11. The van der Waals surface area contributed by atoms with E-state index in [1.807, 2.05) is 13.8 Å². The van der Waals surface area contributed by atoms with Gasteiger partial charge in [-0.1, -0.05) is 130 Å². The van der Waals surface area contributed by atoms with E-state index >= 15 is 0 Å². The third kappa shape index (κ3) is 16.5. The number of allylic oxidation sites excluding steroid dienone is 5. The van der Waals surface area contributed by atoms with Crippen LogP contribution in [0.5, 0.6) is 0 Å². The molecule has 0 saturated carbocycles. The lowest BCUT2D eigenvalue weighted by Gasteiger charge is -2.48. The first kappa shape index (κ1) is 55.8. The molecule has 2 fully saturated rings. The van der Waals surface area contributed by atoms with Crippen LogP contribution in [0.3, 0.4) is 0 Å². The Kier molecular flexibility index (Phi) is 20.3. The van der Waals surface area contributed by atoms with E-state index in [9.17, 15) is 4.79 Å². The lowest BCUT2D eigenvalue weighted by atomic mass is 9.77. The first-order valence-corrected chi connectivity index (χ1v) is 32.8. The Morgan fingerprint density at radius 2 is 1.49 bits per heavy atom. The Labute approximate surface area is 379 Å². The summed E-state index contributed by atoms with van der Waals surface area (Å²) < 4.78 is 39.4. The van der Waals surface area contributed by atoms with Crippen LogP contribution in [0.2, 0.25) is 55.9 Å². The Morgan fingerprint density at radius 3 is 2.05 bits per heavy atom. The predicted molar refractivity (Wildman–Crippen MR) is 266 cm³/mol. The van der Waals surface area contributed by atoms with Crippen LogP contribution in [-0.2, 0) is 32.3 Å². The van der Waals surface area contributed by atoms with E-state index in [2.05, 4.69) is 184 Å². The molecule has 9 atom stereocenters. The number of carbonyl (C=O) groups excluding carboxylic acids is 1. The number of hydrogen-bond acceptors (Lipinski definition) is 7. The highest BCUT2D eigenvalue weighted by Gasteiger charge is 2.49. The van der Waals surface area contributed by atoms with Gasteiger partial charge < -0.3 is 27.5 Å². The summed E-state index contributed by atoms with van der Waals surface area (Å²) in [5, 5.41) is 0.296. The van der Waals surface area contributed by atoms with Crippen molar-refractivity contribution in [2.45, 2.75) is 228 Å². The maximum atomic E-state index is 12.8. The third-order valence-corrected chi connectivity index (χ3v) is 24.1. The maximum Gasteiger partial charge on any atom is 0.308 e. The summed E-state index contributed by atoms with van der Waals surface area (Å²) in [5.41, 5.74) is 1.98. The lowest BCUT2D eigenvalue weighted by molar-refractivity contribution is -0.315. The van der Waals surface area contributed by atoms with Crippen LogP contribution < -0.4 is 0 Å². The van der Waals surface area contributed by atoms with E-state index in [1.165, 1.54) is 11.1 Å². The highest BCUT2D eigenvalue weighted by Crippen LogP contribution is 2.43. The summed E-state index contributed by atoms with van der Waals surface area (Å²) in [4.78, 5) is 12.8. The summed E-state index contributed by atoms with van der Waals surface area (Å²) >= 11 is 0. The summed E-state index contributed by atoms with van der Waals surface area (Å²) in [5.74, 6) is -0.184. The summed E-state index contributed by atoms with van der Waals surface area (Å²) in [7, 11) is -5.81. The normalized spacial score (nSPS) is 28.2. The van der Waals surface area contributed by atoms with E-state index in [-0.39, 0.29) is 70.6 Å². The molecular weight excluding hydrogens is 809 g/mol. The average molecular weight is 904 g/mol. The number of carbonyl (C=O) groups is 1. The molecule has 0 aromatic heterocycles. The first-order chi connectivity index (χ1) is 27.7. The smallest absolute Gasteiger partial charge is 0.308 e. The van der Waals surface area contributed by atoms with Gasteiger partial charge in [-0.3, -0.25) is 4.79 Å². The number of unbranched alkanes of at least 4 members (excludes halogenated alkanes) is 1. The van der Waals surface area contributed by atoms with Gasteiger partial charge in [-0.15, -0.1) is 0 Å². The van der Waals surface area contributed by atoms with E-state index in [0.717, 1.165) is 25.9 Å². The zero-order chi connectivity index (χ0) is 47.0. The molecule has 352 valence electrons. The lowest BCUT2D eigenvalue weighted by Crippen LogP contribution is -2.56. The van der Waals surface area contributed by atoms with Crippen molar-refractivity contribution in [3.05, 3.63) is 59.8 Å². The Balaban J connectivity index is 2.27. The van der Waals surface area contributed by atoms with Gasteiger partial charge in [0.2, 0.25) is 0 Å². The van der Waals surface area contributed by atoms with Crippen molar-refractivity contribution in [1.29, 1.82) is 0 Å². The number of hydrogen-bond donors (Lipinski definition) is 0. The molecule has 0 bridgehead atoms. The first-order valence-electron chi connectivity index (χ1n) is 23.6. The van der Waals surface area contributed by atoms with Crippen LogP contribution in [0.15, 0.2) is 59.8 Å². The van der Waals surface area contributed by atoms with E-state index in [0.29, 0.717) is 6.42 Å². The molecule has 0 aromatic carbocycles. The van der Waals surface area contributed by atoms with Crippen LogP contribution in [0, 0.1) is 23.7 Å². The van der Waals surface area contributed by atoms with Crippen LogP contribution in [0.1, 0.15) is 136 Å². The van der Waals surface area contributed by atoms with Gasteiger partial charge in [0.05, 0.1) is 30.3 Å². The fourth-order valence-electron chi connectivity index (χ4n) is 8.00. The molecule has 0 N–H and O–H groups in total. The number of esters is 1. The van der Waals surface area contributed by atoms with Crippen molar-refractivity contribution in [1.82, 2.24) is 0 Å². The fourth-order valence-corrected chi connectivity index (χ4v) is 12.0. The Morgan fingerprint density at radius 1 is 0.885 bits per heavy atom. The molecule has 10 heteroatoms. The highest BCUT2D eigenvalue weighted by atomic mass is 28.4. The molecule has 2 rings (SSSR count). The van der Waals surface area contributed by atoms with Gasteiger partial charge in [-0.05, 0) is 115 Å². The van der Waals surface area contributed by atoms with Gasteiger partial charge in [-0.25, -0.2) is 0 Å². The molecule has 2 heterocycles. The van der Waals surface area contributed by atoms with Gasteiger partial charge in [0.1, 0.15) is 6.10 Å². The SMILES string of the molecule is CC[C@@H]1OC(=O)C[C@](C/C=C/C=C(\C)[C@@H](O[Si](C)(C)C(C)(C)C)[C@@H](C)/C=C/C=C[C@@H]2OC(C)(C)O[C@@H]([C@H](C)/C(C)=C/CCCO[Si](C)(C)C(C)(C)C)[C@@H]2C)(O[Si](C)(C)C)[C@H]1C. The number of rotatable bonds is 20. The quantitative estimate of drug-likeness (QED) is 0.0396. The standard InChI is InChI=1S/C51H94O7Si3/c1-23-43-42(7)51(36-45(52)54-43,58-59(16,17)18)34-28-26-32-39(4)46(57-61(21,22)49(11,12)13)38(3)31-24-25-33-44-41(6)47(56-50(14,15)55-44)40(5)37(2)30-27-29-35-53-60(19,20)48(8,9)10/h24-26,28,30-33,38,40-44,46-47H,23,27,29,34-36H2,1-22H3/b28-26+,31-24+,33-25?,37-30+,39-32+/t38-,40+,41+,42-,43-,44-,46-,47-,51-/m0/s1. The zero-order valence-corrected chi connectivity index (χ0v) is 46.3. The molecule has 0 aliphatic carbocycles. The summed E-state index contributed by atoms with van der Waals surface area (Å²) in [6.07, 6.45) is 21.2. The molecule has 0 unspecified atom stereocenters. The zero-order valence-electron chi connectivity index (χ0n) is 43.3. The van der Waals surface area contributed by atoms with Crippen molar-refractivity contribution in [2.24, 2.45) is 23.7 Å². The molecule has 0 radical (unpaired) electrons. The second-order valence-electron chi connectivity index (χ2n) is 23.1. The summed E-state index contributed by atoms with van der Waals surface area (Å²) in [6.45, 7) is 50.1. The molecule has 7 nitrogen and oxygen atoms in total. The maximum absolute atomic E-state index is 12.8. The minimum Gasteiger partial charge on any atom is -0.462 e. The van der Waals surface area contributed by atoms with Crippen molar-refractivity contribution < 1.29 is 32.3 Å². The molecule has 0 aromatic rings. The minimum atomic E-state index is -2.12. The predicted octanol–water partition coefficient (Wildman–Crippen LogP) is 14.5. The molecule has 2 aliphatic rings. The van der Waals surface area contributed by atoms with Crippen LogP contribution in [0.4, 0.5) is 0 Å². The second kappa shape index (κ2) is 22.2. The van der Waals surface area contributed by atoms with Crippen molar-refractivity contribution in [2.75, 3.05) is 6.61 Å². The van der Waals surface area contributed by atoms with Crippen LogP contribution >= 0.6 is 0 Å². The largest absolute Gasteiger partial charge is 0.462 e. The summed E-state index contributed by atoms with van der Waals surface area (Å²) in [6, 6.07) is 0. The molecule has 2 aliphatic heterocycles. The third-order valence-electron chi connectivity index (χ3n) is 14.1. The fraction of sp³-hybridized carbons (Fsp3) is 0.784. The number of cyclic esters (lactones) is 1. The minimum absolute atomic E-state index is 0.0319. The molecular formula is C51H94O7Si3. The van der Waals surface area contributed by atoms with Gasteiger partial charge >= 0.3 is 5.97 Å². The topological polar surface area (TPSA) is 72.5 Å². The molecule has 0 amide bonds. The van der Waals surface area contributed by atoms with Gasteiger partial charge in [0.25, 0.3) is 0 Å². The molecule has 61 heavy (non-hydrogen) atoms. The van der Waals surface area contributed by atoms with Crippen LogP contribution in [0.25, 0.3) is 0 Å².